The second-order valence-electron chi connectivity index (χ2n) is 6.35. The van der Waals surface area contributed by atoms with Crippen LogP contribution < -0.4 is 0 Å². The SMILES string of the molecule is CCCCCCCCC(CCCCCC)CCS(=O)(=O)O. The zero-order valence-electron chi connectivity index (χ0n) is 14.1. The minimum absolute atomic E-state index is 0.0682. The first-order valence-electron chi connectivity index (χ1n) is 8.94. The highest BCUT2D eigenvalue weighted by molar-refractivity contribution is 7.85. The molecule has 128 valence electrons. The third-order valence-corrected chi connectivity index (χ3v) is 4.97. The lowest BCUT2D eigenvalue weighted by atomic mass is 9.92. The molecule has 0 saturated carbocycles. The van der Waals surface area contributed by atoms with Gasteiger partial charge >= 0.3 is 0 Å². The van der Waals surface area contributed by atoms with E-state index < -0.39 is 10.1 Å². The number of hydrogen-bond donors (Lipinski definition) is 1. The van der Waals surface area contributed by atoms with Gasteiger partial charge in [-0.1, -0.05) is 90.9 Å². The van der Waals surface area contributed by atoms with Gasteiger partial charge in [-0.15, -0.1) is 0 Å². The molecule has 0 fully saturated rings. The van der Waals surface area contributed by atoms with Crippen LogP contribution in [0.5, 0.6) is 0 Å². The van der Waals surface area contributed by atoms with Crippen LogP contribution in [0.25, 0.3) is 0 Å². The fourth-order valence-corrected chi connectivity index (χ4v) is 3.45. The molecule has 0 aliphatic rings. The molecule has 1 unspecified atom stereocenters. The Morgan fingerprint density at radius 3 is 1.62 bits per heavy atom. The van der Waals surface area contributed by atoms with Gasteiger partial charge in [0.2, 0.25) is 0 Å². The van der Waals surface area contributed by atoms with E-state index >= 15 is 0 Å². The van der Waals surface area contributed by atoms with Gasteiger partial charge in [-0.2, -0.15) is 8.42 Å². The van der Waals surface area contributed by atoms with Gasteiger partial charge in [0.1, 0.15) is 0 Å². The van der Waals surface area contributed by atoms with E-state index in [1.54, 1.807) is 0 Å². The number of unbranched alkanes of at least 4 members (excludes halogenated alkanes) is 8. The maximum Gasteiger partial charge on any atom is 0.264 e. The van der Waals surface area contributed by atoms with Crippen molar-refractivity contribution in [1.82, 2.24) is 0 Å². The van der Waals surface area contributed by atoms with Crippen molar-refractivity contribution < 1.29 is 13.0 Å². The maximum atomic E-state index is 10.9. The van der Waals surface area contributed by atoms with Gasteiger partial charge in [0.15, 0.2) is 0 Å². The minimum atomic E-state index is -3.80. The summed E-state index contributed by atoms with van der Waals surface area (Å²) in [6, 6.07) is 0. The van der Waals surface area contributed by atoms with E-state index in [2.05, 4.69) is 13.8 Å². The van der Waals surface area contributed by atoms with Gasteiger partial charge in [-0.3, -0.25) is 4.55 Å². The number of hydrogen-bond acceptors (Lipinski definition) is 2. The minimum Gasteiger partial charge on any atom is -0.286 e. The molecule has 0 bridgehead atoms. The summed E-state index contributed by atoms with van der Waals surface area (Å²) in [5.74, 6) is 0.399. The van der Waals surface area contributed by atoms with E-state index in [0.29, 0.717) is 12.3 Å². The second-order valence-corrected chi connectivity index (χ2v) is 7.92. The molecule has 1 N–H and O–H groups in total. The van der Waals surface area contributed by atoms with Crippen molar-refractivity contribution in [3.8, 4) is 0 Å². The monoisotopic (exact) mass is 320 g/mol. The summed E-state index contributed by atoms with van der Waals surface area (Å²) < 4.78 is 30.7. The first-order valence-corrected chi connectivity index (χ1v) is 10.6. The lowest BCUT2D eigenvalue weighted by Crippen LogP contribution is -2.10. The van der Waals surface area contributed by atoms with Crippen LogP contribution in [0.3, 0.4) is 0 Å². The molecule has 0 amide bonds. The van der Waals surface area contributed by atoms with Gasteiger partial charge in [0.25, 0.3) is 10.1 Å². The molecule has 3 nitrogen and oxygen atoms in total. The predicted octanol–water partition coefficient (Wildman–Crippen LogP) is 5.60. The topological polar surface area (TPSA) is 54.4 Å². The molecule has 0 saturated heterocycles. The zero-order chi connectivity index (χ0) is 16.0. The van der Waals surface area contributed by atoms with Gasteiger partial charge < -0.3 is 0 Å². The molecule has 0 aromatic heterocycles. The molecule has 0 aliphatic carbocycles. The Hall–Kier alpha value is -0.0900. The van der Waals surface area contributed by atoms with E-state index in [4.69, 9.17) is 4.55 Å². The average Bonchev–Trinajstić information content (AvgIpc) is 2.42. The van der Waals surface area contributed by atoms with Crippen LogP contribution in [0.15, 0.2) is 0 Å². The highest BCUT2D eigenvalue weighted by atomic mass is 32.2. The van der Waals surface area contributed by atoms with Crippen LogP contribution in [-0.4, -0.2) is 18.7 Å². The lowest BCUT2D eigenvalue weighted by Gasteiger charge is -2.16. The summed E-state index contributed by atoms with van der Waals surface area (Å²) in [6.45, 7) is 4.42. The van der Waals surface area contributed by atoms with Crippen molar-refractivity contribution in [3.63, 3.8) is 0 Å². The van der Waals surface area contributed by atoms with E-state index in [1.807, 2.05) is 0 Å². The summed E-state index contributed by atoms with van der Waals surface area (Å²) in [4.78, 5) is 0. The predicted molar refractivity (Wildman–Crippen MR) is 91.3 cm³/mol. The average molecular weight is 321 g/mol. The standard InChI is InChI=1S/C17H36O3S/c1-3-5-7-9-10-12-14-17(13-11-8-6-4-2)15-16-21(18,19)20/h17H,3-16H2,1-2H3,(H,18,19,20). The quantitative estimate of drug-likeness (QED) is 0.315. The van der Waals surface area contributed by atoms with E-state index in [9.17, 15) is 8.42 Å². The third kappa shape index (κ3) is 16.1. The van der Waals surface area contributed by atoms with Crippen LogP contribution in [0.4, 0.5) is 0 Å². The Labute approximate surface area is 132 Å². The van der Waals surface area contributed by atoms with Crippen molar-refractivity contribution in [3.05, 3.63) is 0 Å². The van der Waals surface area contributed by atoms with Crippen molar-refractivity contribution in [1.29, 1.82) is 0 Å². The van der Waals surface area contributed by atoms with Crippen molar-refractivity contribution >= 4 is 10.1 Å². The highest BCUT2D eigenvalue weighted by Crippen LogP contribution is 2.22. The molecule has 4 heteroatoms. The molecular formula is C17H36O3S. The maximum absolute atomic E-state index is 10.9. The molecular weight excluding hydrogens is 284 g/mol. The Balaban J connectivity index is 3.88. The molecule has 0 spiro atoms. The Kier molecular flexibility index (Phi) is 13.5. The smallest absolute Gasteiger partial charge is 0.264 e. The third-order valence-electron chi connectivity index (χ3n) is 4.22. The summed E-state index contributed by atoms with van der Waals surface area (Å²) in [6.07, 6.45) is 15.5. The molecule has 0 aromatic carbocycles. The van der Waals surface area contributed by atoms with E-state index in [1.165, 1.54) is 64.2 Å². The normalized spacial score (nSPS) is 13.5. The summed E-state index contributed by atoms with van der Waals surface area (Å²) in [5.41, 5.74) is 0. The first-order chi connectivity index (χ1) is 9.99. The van der Waals surface area contributed by atoms with Crippen molar-refractivity contribution in [2.75, 3.05) is 5.75 Å². The summed E-state index contributed by atoms with van der Waals surface area (Å²) in [5, 5.41) is 0. The highest BCUT2D eigenvalue weighted by Gasteiger charge is 2.13. The Morgan fingerprint density at radius 2 is 1.14 bits per heavy atom. The largest absolute Gasteiger partial charge is 0.286 e. The molecule has 21 heavy (non-hydrogen) atoms. The van der Waals surface area contributed by atoms with Gasteiger partial charge in [0, 0.05) is 0 Å². The van der Waals surface area contributed by atoms with Crippen LogP contribution in [0.1, 0.15) is 97.3 Å². The fourth-order valence-electron chi connectivity index (χ4n) is 2.82. The molecule has 0 aromatic rings. The van der Waals surface area contributed by atoms with Gasteiger partial charge in [-0.25, -0.2) is 0 Å². The van der Waals surface area contributed by atoms with Crippen molar-refractivity contribution in [2.45, 2.75) is 97.3 Å². The molecule has 0 heterocycles. The second kappa shape index (κ2) is 13.6. The molecule has 0 aliphatic heterocycles. The van der Waals surface area contributed by atoms with Crippen LogP contribution in [0.2, 0.25) is 0 Å². The summed E-state index contributed by atoms with van der Waals surface area (Å²) >= 11 is 0. The van der Waals surface area contributed by atoms with Crippen LogP contribution in [0, 0.1) is 5.92 Å². The first kappa shape index (κ1) is 20.9. The van der Waals surface area contributed by atoms with Crippen LogP contribution >= 0.6 is 0 Å². The molecule has 0 radical (unpaired) electrons. The van der Waals surface area contributed by atoms with E-state index in [-0.39, 0.29) is 5.75 Å². The Bertz CT molecular complexity index is 312. The summed E-state index contributed by atoms with van der Waals surface area (Å²) in [7, 11) is -3.80. The lowest BCUT2D eigenvalue weighted by molar-refractivity contribution is 0.388. The van der Waals surface area contributed by atoms with Crippen molar-refractivity contribution in [2.24, 2.45) is 5.92 Å². The molecule has 1 atom stereocenters. The van der Waals surface area contributed by atoms with Gasteiger partial charge in [0.05, 0.1) is 5.75 Å². The molecule has 0 rings (SSSR count). The Morgan fingerprint density at radius 1 is 0.714 bits per heavy atom. The van der Waals surface area contributed by atoms with Gasteiger partial charge in [-0.05, 0) is 12.3 Å². The van der Waals surface area contributed by atoms with E-state index in [0.717, 1.165) is 12.8 Å². The fraction of sp³-hybridized carbons (Fsp3) is 1.00. The zero-order valence-corrected chi connectivity index (χ0v) is 15.0. The van der Waals surface area contributed by atoms with Crippen LogP contribution in [-0.2, 0) is 10.1 Å². The number of rotatable bonds is 15.